The van der Waals surface area contributed by atoms with E-state index in [4.69, 9.17) is 9.47 Å². The fraction of sp³-hybridized carbons (Fsp3) is 0.400. The van der Waals surface area contributed by atoms with Crippen molar-refractivity contribution in [2.45, 2.75) is 36.4 Å². The summed E-state index contributed by atoms with van der Waals surface area (Å²) in [5, 5.41) is 74.7. The zero-order chi connectivity index (χ0) is 30.0. The minimum atomic E-state index is -4.57. The second-order valence-electron chi connectivity index (χ2n) is 9.86. The van der Waals surface area contributed by atoms with Gasteiger partial charge in [0, 0.05) is 25.2 Å². The quantitative estimate of drug-likeness (QED) is 0.123. The van der Waals surface area contributed by atoms with Crippen molar-refractivity contribution in [3.8, 4) is 5.75 Å². The van der Waals surface area contributed by atoms with Crippen LogP contribution in [0.3, 0.4) is 0 Å². The average Bonchev–Trinajstić information content (AvgIpc) is 3.12. The number of carbonyl (C=O) groups excluding carboxylic acids is 3. The number of morpholine rings is 1. The number of benzene rings is 2. The van der Waals surface area contributed by atoms with Gasteiger partial charge in [-0.3, -0.25) is 24.6 Å². The van der Waals surface area contributed by atoms with Crippen molar-refractivity contribution in [1.29, 1.82) is 0 Å². The van der Waals surface area contributed by atoms with Crippen LogP contribution in [-0.4, -0.2) is 107 Å². The predicted molar refractivity (Wildman–Crippen MR) is 128 cm³/mol. The summed E-state index contributed by atoms with van der Waals surface area (Å²) < 4.78 is 25.8. The molecule has 1 atom stereocenters. The highest BCUT2D eigenvalue weighted by Crippen LogP contribution is 2.48. The first-order valence-electron chi connectivity index (χ1n) is 12.2. The molecule has 5 rings (SSSR count). The van der Waals surface area contributed by atoms with E-state index >= 15 is 0 Å². The van der Waals surface area contributed by atoms with Gasteiger partial charge in [-0.25, -0.2) is 9.29 Å². The van der Waals surface area contributed by atoms with Crippen molar-refractivity contribution in [2.75, 3.05) is 26.3 Å². The Morgan fingerprint density at radius 1 is 0.951 bits per heavy atom. The molecular formula is C25H26FN3O12. The van der Waals surface area contributed by atoms with Crippen molar-refractivity contribution in [3.63, 3.8) is 0 Å². The summed E-state index contributed by atoms with van der Waals surface area (Å²) in [6.07, 6.45) is 0. The Balaban J connectivity index is 1.43. The molecule has 41 heavy (non-hydrogen) atoms. The van der Waals surface area contributed by atoms with E-state index < -0.39 is 75.1 Å². The lowest BCUT2D eigenvalue weighted by Crippen LogP contribution is -2.87. The van der Waals surface area contributed by atoms with Gasteiger partial charge in [-0.05, 0) is 23.8 Å². The van der Waals surface area contributed by atoms with Gasteiger partial charge in [0.2, 0.25) is 0 Å². The Morgan fingerprint density at radius 2 is 1.63 bits per heavy atom. The first-order chi connectivity index (χ1) is 19.1. The van der Waals surface area contributed by atoms with Crippen molar-refractivity contribution in [3.05, 3.63) is 64.5 Å². The molecule has 1 unspecified atom stereocenters. The molecule has 2 aromatic rings. The molecule has 3 amide bonds. The number of hydrogen-bond acceptors (Lipinski definition) is 13. The van der Waals surface area contributed by atoms with Gasteiger partial charge in [-0.15, -0.1) is 0 Å². The smallest absolute Gasteiger partial charge is 0.306 e. The number of halogens is 1. The van der Waals surface area contributed by atoms with Gasteiger partial charge in [-0.1, -0.05) is 18.2 Å². The van der Waals surface area contributed by atoms with E-state index in [-0.39, 0.29) is 5.56 Å². The number of aliphatic hydroxyl groups is 7. The fourth-order valence-corrected chi connectivity index (χ4v) is 5.00. The third-order valence-electron chi connectivity index (χ3n) is 7.27. The number of imide groups is 1. The molecule has 3 aliphatic heterocycles. The Hall–Kier alpha value is -3.58. The maximum atomic E-state index is 14.9. The highest BCUT2D eigenvalue weighted by Gasteiger charge is 2.79. The van der Waals surface area contributed by atoms with Crippen molar-refractivity contribution in [2.24, 2.45) is 0 Å². The lowest BCUT2D eigenvalue weighted by molar-refractivity contribution is -0.433. The molecule has 0 aromatic heterocycles. The Bertz CT molecular complexity index is 1420. The maximum absolute atomic E-state index is 14.9. The number of piperidine rings is 1. The van der Waals surface area contributed by atoms with Gasteiger partial charge in [0.15, 0.2) is 0 Å². The van der Waals surface area contributed by atoms with E-state index in [1.165, 1.54) is 23.5 Å². The largest absolute Gasteiger partial charge is 0.488 e. The van der Waals surface area contributed by atoms with Gasteiger partial charge in [0.25, 0.3) is 35.1 Å². The SMILES string of the molecule is O=C1c2cccc(OCc3ccc(CN4CCOCC4)cc3F)c2C(O)(O)N1C1(O)C(=O)NC(=O)C(O)(O)C1(O)O. The highest BCUT2D eigenvalue weighted by atomic mass is 19.1. The van der Waals surface area contributed by atoms with Gasteiger partial charge in [0.1, 0.15) is 18.2 Å². The van der Waals surface area contributed by atoms with Crippen LogP contribution in [0.1, 0.15) is 27.0 Å². The number of amides is 3. The van der Waals surface area contributed by atoms with E-state index in [0.717, 1.165) is 12.1 Å². The minimum Gasteiger partial charge on any atom is -0.488 e. The number of hydrogen-bond donors (Lipinski definition) is 8. The molecule has 15 nitrogen and oxygen atoms in total. The molecule has 2 saturated heterocycles. The molecule has 0 spiro atoms. The number of nitrogens with zero attached hydrogens (tertiary/aromatic N) is 2. The molecule has 3 heterocycles. The third kappa shape index (κ3) is 4.28. The normalized spacial score (nSPS) is 25.2. The van der Waals surface area contributed by atoms with E-state index in [1.807, 2.05) is 0 Å². The molecule has 2 fully saturated rings. The van der Waals surface area contributed by atoms with Crippen LogP contribution in [0, 0.1) is 5.82 Å². The second-order valence-corrected chi connectivity index (χ2v) is 9.86. The summed E-state index contributed by atoms with van der Waals surface area (Å²) >= 11 is 0. The molecule has 0 saturated carbocycles. The van der Waals surface area contributed by atoms with Gasteiger partial charge < -0.3 is 45.2 Å². The van der Waals surface area contributed by atoms with Crippen LogP contribution in [-0.2, 0) is 33.4 Å². The monoisotopic (exact) mass is 579 g/mol. The fourth-order valence-electron chi connectivity index (χ4n) is 5.00. The van der Waals surface area contributed by atoms with Gasteiger partial charge in [-0.2, -0.15) is 0 Å². The van der Waals surface area contributed by atoms with Crippen LogP contribution in [0.5, 0.6) is 5.75 Å². The summed E-state index contributed by atoms with van der Waals surface area (Å²) in [5.74, 6) is -19.5. The van der Waals surface area contributed by atoms with Crippen molar-refractivity contribution in [1.82, 2.24) is 15.1 Å². The first-order valence-corrected chi connectivity index (χ1v) is 12.2. The maximum Gasteiger partial charge on any atom is 0.306 e. The number of rotatable bonds is 6. The molecule has 3 aliphatic rings. The van der Waals surface area contributed by atoms with Crippen LogP contribution >= 0.6 is 0 Å². The van der Waals surface area contributed by atoms with Crippen LogP contribution in [0.15, 0.2) is 36.4 Å². The number of fused-ring (bicyclic) bond motifs is 1. The molecule has 16 heteroatoms. The highest BCUT2D eigenvalue weighted by molar-refractivity contribution is 6.10. The van der Waals surface area contributed by atoms with E-state index in [0.29, 0.717) is 38.4 Å². The Labute approximate surface area is 230 Å². The molecule has 0 aliphatic carbocycles. The number of nitrogens with one attached hydrogen (secondary N) is 1. The van der Waals surface area contributed by atoms with Crippen LogP contribution < -0.4 is 10.1 Å². The van der Waals surface area contributed by atoms with Crippen molar-refractivity contribution < 1.29 is 64.0 Å². The third-order valence-corrected chi connectivity index (χ3v) is 7.27. The summed E-state index contributed by atoms with van der Waals surface area (Å²) in [5.41, 5.74) is -4.93. The second kappa shape index (κ2) is 9.76. The van der Waals surface area contributed by atoms with Gasteiger partial charge >= 0.3 is 5.79 Å². The zero-order valence-corrected chi connectivity index (χ0v) is 21.2. The molecule has 220 valence electrons. The van der Waals surface area contributed by atoms with E-state index in [1.54, 1.807) is 6.07 Å². The van der Waals surface area contributed by atoms with Crippen LogP contribution in [0.4, 0.5) is 4.39 Å². The first kappa shape index (κ1) is 28.9. The summed E-state index contributed by atoms with van der Waals surface area (Å²) in [7, 11) is 0. The number of carbonyl (C=O) groups is 3. The van der Waals surface area contributed by atoms with E-state index in [2.05, 4.69) is 4.90 Å². The topological polar surface area (TPSA) is 230 Å². The van der Waals surface area contributed by atoms with Crippen LogP contribution in [0.2, 0.25) is 0 Å². The zero-order valence-electron chi connectivity index (χ0n) is 21.2. The molecule has 2 aromatic carbocycles. The molecule has 0 radical (unpaired) electrons. The lowest BCUT2D eigenvalue weighted by Gasteiger charge is -2.51. The predicted octanol–water partition coefficient (Wildman–Crippen LogP) is -3.51. The van der Waals surface area contributed by atoms with Crippen LogP contribution in [0.25, 0.3) is 0 Å². The average molecular weight is 579 g/mol. The lowest BCUT2D eigenvalue weighted by atomic mass is 9.86. The minimum absolute atomic E-state index is 0.0508. The summed E-state index contributed by atoms with van der Waals surface area (Å²) in [6, 6.07) is 7.80. The molecular weight excluding hydrogens is 553 g/mol. The van der Waals surface area contributed by atoms with E-state index in [9.17, 15) is 54.5 Å². The van der Waals surface area contributed by atoms with Crippen molar-refractivity contribution >= 4 is 17.7 Å². The molecule has 8 N–H and O–H groups in total. The van der Waals surface area contributed by atoms with Gasteiger partial charge in [0.05, 0.1) is 24.3 Å². The standard InChI is InChI=1S/C25H26FN3O12/c26-16-10-13(11-28-6-8-40-9-7-28)4-5-14(16)12-41-17-3-1-2-15-18(17)24(36,37)29(19(15)30)22(33)20(31)27-21(32)23(34,35)25(22,38)39/h1-5,10,33-39H,6-9,11-12H2,(H,27,31,32). The molecule has 0 bridgehead atoms. The Kier molecular flexibility index (Phi) is 6.89. The summed E-state index contributed by atoms with van der Waals surface area (Å²) in [6.45, 7) is 2.56. The summed E-state index contributed by atoms with van der Waals surface area (Å²) in [4.78, 5) is 39.1. The number of ether oxygens (including phenoxy) is 2. The Morgan fingerprint density at radius 3 is 2.29 bits per heavy atom.